The Morgan fingerprint density at radius 3 is 2.69 bits per heavy atom. The molecule has 1 aliphatic rings. The van der Waals surface area contributed by atoms with Crippen molar-refractivity contribution in [1.82, 2.24) is 0 Å². The Labute approximate surface area is 104 Å². The van der Waals surface area contributed by atoms with Crippen molar-refractivity contribution in [3.05, 3.63) is 35.6 Å². The van der Waals surface area contributed by atoms with Crippen LogP contribution >= 0.6 is 15.9 Å². The van der Waals surface area contributed by atoms with Crippen LogP contribution in [0.3, 0.4) is 0 Å². The van der Waals surface area contributed by atoms with Gasteiger partial charge in [0, 0.05) is 18.0 Å². The number of rotatable bonds is 3. The molecule has 2 rings (SSSR count). The summed E-state index contributed by atoms with van der Waals surface area (Å²) in [7, 11) is 0. The second-order valence-corrected chi connectivity index (χ2v) is 5.44. The zero-order chi connectivity index (χ0) is 11.4. The van der Waals surface area contributed by atoms with Gasteiger partial charge in [-0.2, -0.15) is 0 Å². The average molecular weight is 287 g/mol. The SMILES string of the molecule is Fc1ccccc1CC(Br)C1CCOCC1. The number of benzene rings is 1. The van der Waals surface area contributed by atoms with Crippen molar-refractivity contribution < 1.29 is 9.13 Å². The highest BCUT2D eigenvalue weighted by Crippen LogP contribution is 2.27. The van der Waals surface area contributed by atoms with Crippen LogP contribution in [0.5, 0.6) is 0 Å². The minimum Gasteiger partial charge on any atom is -0.381 e. The van der Waals surface area contributed by atoms with Gasteiger partial charge >= 0.3 is 0 Å². The van der Waals surface area contributed by atoms with Crippen LogP contribution in [-0.4, -0.2) is 18.0 Å². The van der Waals surface area contributed by atoms with Gasteiger partial charge < -0.3 is 4.74 Å². The van der Waals surface area contributed by atoms with Crippen LogP contribution in [0.2, 0.25) is 0 Å². The van der Waals surface area contributed by atoms with Gasteiger partial charge in [0.1, 0.15) is 5.82 Å². The van der Waals surface area contributed by atoms with Gasteiger partial charge in [-0.1, -0.05) is 34.1 Å². The molecule has 1 nitrogen and oxygen atoms in total. The summed E-state index contributed by atoms with van der Waals surface area (Å²) < 4.78 is 18.8. The molecule has 0 radical (unpaired) electrons. The van der Waals surface area contributed by atoms with E-state index in [9.17, 15) is 4.39 Å². The molecule has 3 heteroatoms. The van der Waals surface area contributed by atoms with E-state index in [0.717, 1.165) is 38.0 Å². The van der Waals surface area contributed by atoms with Crippen molar-refractivity contribution in [2.24, 2.45) is 5.92 Å². The van der Waals surface area contributed by atoms with E-state index in [2.05, 4.69) is 15.9 Å². The number of hydrogen-bond donors (Lipinski definition) is 0. The summed E-state index contributed by atoms with van der Waals surface area (Å²) in [5.74, 6) is 0.507. The monoisotopic (exact) mass is 286 g/mol. The lowest BCUT2D eigenvalue weighted by atomic mass is 9.92. The minimum atomic E-state index is -0.0981. The van der Waals surface area contributed by atoms with Crippen LogP contribution in [0, 0.1) is 11.7 Å². The molecule has 0 aliphatic carbocycles. The number of halogens is 2. The summed E-state index contributed by atoms with van der Waals surface area (Å²) >= 11 is 3.69. The first-order valence-electron chi connectivity index (χ1n) is 5.72. The largest absolute Gasteiger partial charge is 0.381 e. The molecule has 16 heavy (non-hydrogen) atoms. The van der Waals surface area contributed by atoms with E-state index in [-0.39, 0.29) is 5.82 Å². The minimum absolute atomic E-state index is 0.0981. The molecule has 0 bridgehead atoms. The van der Waals surface area contributed by atoms with E-state index in [0.29, 0.717) is 10.7 Å². The molecule has 1 saturated heterocycles. The van der Waals surface area contributed by atoms with Gasteiger partial charge in [-0.25, -0.2) is 4.39 Å². The summed E-state index contributed by atoms with van der Waals surface area (Å²) in [6, 6.07) is 7.01. The maximum absolute atomic E-state index is 13.5. The van der Waals surface area contributed by atoms with Crippen LogP contribution in [0.25, 0.3) is 0 Å². The predicted octanol–water partition coefficient (Wildman–Crippen LogP) is 3.56. The lowest BCUT2D eigenvalue weighted by molar-refractivity contribution is 0.0662. The van der Waals surface area contributed by atoms with E-state index in [1.165, 1.54) is 6.07 Å². The lowest BCUT2D eigenvalue weighted by Gasteiger charge is -2.26. The third kappa shape index (κ3) is 3.05. The van der Waals surface area contributed by atoms with Crippen LogP contribution in [-0.2, 0) is 11.2 Å². The number of alkyl halides is 1. The van der Waals surface area contributed by atoms with Crippen molar-refractivity contribution in [3.63, 3.8) is 0 Å². The summed E-state index contributed by atoms with van der Waals surface area (Å²) in [6.07, 6.45) is 2.91. The van der Waals surface area contributed by atoms with Gasteiger partial charge in [0.2, 0.25) is 0 Å². The van der Waals surface area contributed by atoms with Gasteiger partial charge in [0.05, 0.1) is 0 Å². The summed E-state index contributed by atoms with van der Waals surface area (Å²) in [5.41, 5.74) is 0.802. The van der Waals surface area contributed by atoms with Gasteiger partial charge in [-0.3, -0.25) is 0 Å². The number of ether oxygens (including phenoxy) is 1. The third-order valence-corrected chi connectivity index (χ3v) is 4.22. The first-order valence-corrected chi connectivity index (χ1v) is 6.64. The molecule has 1 unspecified atom stereocenters. The Balaban J connectivity index is 1.96. The van der Waals surface area contributed by atoms with Crippen LogP contribution in [0.4, 0.5) is 4.39 Å². The number of hydrogen-bond acceptors (Lipinski definition) is 1. The van der Waals surface area contributed by atoms with Gasteiger partial charge in [0.15, 0.2) is 0 Å². The molecule has 0 amide bonds. The molecular formula is C13H16BrFO. The molecule has 0 N–H and O–H groups in total. The fourth-order valence-corrected chi connectivity index (χ4v) is 3.00. The van der Waals surface area contributed by atoms with E-state index in [1.807, 2.05) is 12.1 Å². The molecule has 0 spiro atoms. The normalized spacial score (nSPS) is 19.6. The Morgan fingerprint density at radius 2 is 2.00 bits per heavy atom. The highest BCUT2D eigenvalue weighted by atomic mass is 79.9. The molecule has 1 fully saturated rings. The van der Waals surface area contributed by atoms with Crippen LogP contribution in [0.15, 0.2) is 24.3 Å². The fourth-order valence-electron chi connectivity index (χ4n) is 2.12. The second kappa shape index (κ2) is 5.78. The van der Waals surface area contributed by atoms with Crippen molar-refractivity contribution in [3.8, 4) is 0 Å². The van der Waals surface area contributed by atoms with Crippen molar-refractivity contribution in [2.45, 2.75) is 24.1 Å². The first kappa shape index (κ1) is 12.1. The second-order valence-electron chi connectivity index (χ2n) is 4.26. The van der Waals surface area contributed by atoms with Gasteiger partial charge in [-0.05, 0) is 36.8 Å². The molecule has 1 aromatic carbocycles. The molecule has 0 aromatic heterocycles. The zero-order valence-electron chi connectivity index (χ0n) is 9.16. The maximum atomic E-state index is 13.5. The van der Waals surface area contributed by atoms with E-state index in [4.69, 9.17) is 4.74 Å². The van der Waals surface area contributed by atoms with E-state index in [1.54, 1.807) is 6.07 Å². The van der Waals surface area contributed by atoms with Crippen molar-refractivity contribution in [2.75, 3.05) is 13.2 Å². The molecule has 88 valence electrons. The van der Waals surface area contributed by atoms with Gasteiger partial charge in [0.25, 0.3) is 0 Å². The molecule has 1 atom stereocenters. The Kier molecular flexibility index (Phi) is 4.36. The van der Waals surface area contributed by atoms with Gasteiger partial charge in [-0.15, -0.1) is 0 Å². The Bertz CT molecular complexity index is 336. The smallest absolute Gasteiger partial charge is 0.126 e. The van der Waals surface area contributed by atoms with Crippen LogP contribution in [0.1, 0.15) is 18.4 Å². The Morgan fingerprint density at radius 1 is 1.31 bits per heavy atom. The Hall–Kier alpha value is -0.410. The first-order chi connectivity index (χ1) is 7.77. The molecule has 1 heterocycles. The third-order valence-electron chi connectivity index (χ3n) is 3.15. The average Bonchev–Trinajstić information content (AvgIpc) is 2.33. The maximum Gasteiger partial charge on any atom is 0.126 e. The lowest BCUT2D eigenvalue weighted by Crippen LogP contribution is -2.25. The summed E-state index contributed by atoms with van der Waals surface area (Å²) in [4.78, 5) is 0.355. The standard InChI is InChI=1S/C13H16BrFO/c14-12(10-5-7-16-8-6-10)9-11-3-1-2-4-13(11)15/h1-4,10,12H,5-9H2. The zero-order valence-corrected chi connectivity index (χ0v) is 10.7. The molecule has 0 saturated carbocycles. The molecular weight excluding hydrogens is 271 g/mol. The predicted molar refractivity (Wildman–Crippen MR) is 66.4 cm³/mol. The molecule has 1 aromatic rings. The van der Waals surface area contributed by atoms with Crippen molar-refractivity contribution in [1.29, 1.82) is 0 Å². The summed E-state index contributed by atoms with van der Waals surface area (Å²) in [6.45, 7) is 1.67. The van der Waals surface area contributed by atoms with Crippen molar-refractivity contribution >= 4 is 15.9 Å². The van der Waals surface area contributed by atoms with Crippen LogP contribution < -0.4 is 0 Å². The highest BCUT2D eigenvalue weighted by Gasteiger charge is 2.22. The van der Waals surface area contributed by atoms with E-state index < -0.39 is 0 Å². The molecule has 1 aliphatic heterocycles. The quantitative estimate of drug-likeness (QED) is 0.772. The topological polar surface area (TPSA) is 9.23 Å². The fraction of sp³-hybridized carbons (Fsp3) is 0.538. The van der Waals surface area contributed by atoms with E-state index >= 15 is 0 Å². The summed E-state index contributed by atoms with van der Waals surface area (Å²) in [5, 5.41) is 0. The highest BCUT2D eigenvalue weighted by molar-refractivity contribution is 9.09.